The van der Waals surface area contributed by atoms with Crippen LogP contribution in [0.5, 0.6) is 0 Å². The van der Waals surface area contributed by atoms with Gasteiger partial charge in [0.15, 0.2) is 0 Å². The van der Waals surface area contributed by atoms with Crippen LogP contribution in [-0.4, -0.2) is 9.55 Å². The number of fused-ring (bicyclic) bond motifs is 4. The van der Waals surface area contributed by atoms with Gasteiger partial charge in [0.1, 0.15) is 5.82 Å². The summed E-state index contributed by atoms with van der Waals surface area (Å²) in [6.45, 7) is 0. The van der Waals surface area contributed by atoms with Crippen molar-refractivity contribution in [2.45, 2.75) is 0 Å². The lowest BCUT2D eigenvalue weighted by Crippen LogP contribution is -2.18. The fraction of sp³-hybridized carbons (Fsp3) is 0. The van der Waals surface area contributed by atoms with E-state index < -0.39 is 0 Å². The van der Waals surface area contributed by atoms with Crippen molar-refractivity contribution < 1.29 is 0 Å². The van der Waals surface area contributed by atoms with E-state index in [9.17, 15) is 0 Å². The maximum atomic E-state index is 5.21. The van der Waals surface area contributed by atoms with Gasteiger partial charge in [-0.15, -0.1) is 0 Å². The molecule has 0 saturated heterocycles. The summed E-state index contributed by atoms with van der Waals surface area (Å²) in [6.07, 6.45) is 0. The van der Waals surface area contributed by atoms with Gasteiger partial charge in [-0.2, -0.15) is 0 Å². The molecule has 1 aliphatic rings. The molecule has 3 nitrogen and oxygen atoms in total. The highest BCUT2D eigenvalue weighted by atomic mass is 15.2. The Bertz CT molecular complexity index is 2590. The molecule has 0 bridgehead atoms. The molecular weight excluding hydrogens is 583 g/mol. The number of nitrogens with zero attached hydrogens (tertiary/aromatic N) is 3. The van der Waals surface area contributed by atoms with Crippen LogP contribution in [0.1, 0.15) is 0 Å². The average molecular weight is 612 g/mol. The van der Waals surface area contributed by atoms with Gasteiger partial charge in [-0.3, -0.25) is 4.57 Å². The van der Waals surface area contributed by atoms with Crippen LogP contribution in [0.15, 0.2) is 176 Å². The predicted octanol–water partition coefficient (Wildman–Crippen LogP) is 12.1. The van der Waals surface area contributed by atoms with Gasteiger partial charge in [-0.25, -0.2) is 4.98 Å². The number of imidazole rings is 1. The van der Waals surface area contributed by atoms with E-state index in [-0.39, 0.29) is 0 Å². The van der Waals surface area contributed by atoms with Crippen LogP contribution in [0.3, 0.4) is 0 Å². The molecule has 0 aliphatic carbocycles. The Labute approximate surface area is 278 Å². The van der Waals surface area contributed by atoms with E-state index in [0.29, 0.717) is 0 Å². The highest BCUT2D eigenvalue weighted by Gasteiger charge is 2.29. The van der Waals surface area contributed by atoms with Crippen molar-refractivity contribution in [2.75, 3.05) is 4.90 Å². The first kappa shape index (κ1) is 26.7. The van der Waals surface area contributed by atoms with Gasteiger partial charge in [-0.1, -0.05) is 121 Å². The lowest BCUT2D eigenvalue weighted by molar-refractivity contribution is 1.06. The van der Waals surface area contributed by atoms with Gasteiger partial charge in [0, 0.05) is 11.3 Å². The van der Waals surface area contributed by atoms with Crippen molar-refractivity contribution in [1.29, 1.82) is 0 Å². The van der Waals surface area contributed by atoms with Crippen molar-refractivity contribution in [3.63, 3.8) is 0 Å². The molecule has 10 rings (SSSR count). The molecule has 224 valence electrons. The lowest BCUT2D eigenvalue weighted by Gasteiger charge is -2.33. The fourth-order valence-corrected chi connectivity index (χ4v) is 7.37. The summed E-state index contributed by atoms with van der Waals surface area (Å²) in [4.78, 5) is 7.63. The maximum Gasteiger partial charge on any atom is 0.145 e. The van der Waals surface area contributed by atoms with Crippen molar-refractivity contribution in [3.05, 3.63) is 176 Å². The first-order valence-corrected chi connectivity index (χ1v) is 16.4. The van der Waals surface area contributed by atoms with Gasteiger partial charge in [0.2, 0.25) is 0 Å². The normalized spacial score (nSPS) is 12.1. The van der Waals surface area contributed by atoms with Crippen molar-refractivity contribution in [2.24, 2.45) is 0 Å². The molecule has 0 spiro atoms. The second kappa shape index (κ2) is 10.5. The second-order valence-electron chi connectivity index (χ2n) is 12.5. The Kier molecular flexibility index (Phi) is 5.87. The molecule has 2 heterocycles. The Morgan fingerprint density at radius 1 is 0.354 bits per heavy atom. The number of anilines is 3. The molecule has 0 amide bonds. The zero-order chi connectivity index (χ0) is 31.6. The Morgan fingerprint density at radius 2 is 0.917 bits per heavy atom. The first-order chi connectivity index (χ1) is 23.8. The van der Waals surface area contributed by atoms with Gasteiger partial charge in [0.05, 0.1) is 28.1 Å². The van der Waals surface area contributed by atoms with E-state index in [1.165, 1.54) is 43.8 Å². The topological polar surface area (TPSA) is 21.1 Å². The zero-order valence-corrected chi connectivity index (χ0v) is 26.1. The lowest BCUT2D eigenvalue weighted by atomic mass is 9.94. The summed E-state index contributed by atoms with van der Waals surface area (Å²) < 4.78 is 2.34. The number of rotatable bonds is 4. The van der Waals surface area contributed by atoms with E-state index in [4.69, 9.17) is 4.98 Å². The van der Waals surface area contributed by atoms with Crippen LogP contribution in [0.2, 0.25) is 0 Å². The minimum Gasteiger partial charge on any atom is -0.306 e. The van der Waals surface area contributed by atoms with Gasteiger partial charge in [0.25, 0.3) is 0 Å². The van der Waals surface area contributed by atoms with Crippen molar-refractivity contribution in [1.82, 2.24) is 9.55 Å². The second-order valence-corrected chi connectivity index (χ2v) is 12.5. The zero-order valence-electron chi connectivity index (χ0n) is 26.1. The van der Waals surface area contributed by atoms with Crippen molar-refractivity contribution in [3.8, 4) is 39.3 Å². The number of hydrogen-bond donors (Lipinski definition) is 0. The van der Waals surface area contributed by atoms with E-state index in [1.54, 1.807) is 0 Å². The third-order valence-electron chi connectivity index (χ3n) is 9.63. The molecular formula is C45H29N3. The number of hydrogen-bond acceptors (Lipinski definition) is 2. The molecule has 1 aliphatic heterocycles. The van der Waals surface area contributed by atoms with Crippen LogP contribution in [0.25, 0.3) is 71.9 Å². The predicted molar refractivity (Wildman–Crippen MR) is 201 cm³/mol. The number of aromatic nitrogens is 2. The van der Waals surface area contributed by atoms with Crippen LogP contribution in [0, 0.1) is 0 Å². The Morgan fingerprint density at radius 3 is 1.58 bits per heavy atom. The molecule has 0 atom stereocenters. The van der Waals surface area contributed by atoms with Crippen LogP contribution in [0.4, 0.5) is 17.1 Å². The summed E-state index contributed by atoms with van der Waals surface area (Å²) in [6, 6.07) is 63.4. The minimum atomic E-state index is 0.951. The van der Waals surface area contributed by atoms with Gasteiger partial charge < -0.3 is 4.90 Å². The van der Waals surface area contributed by atoms with Crippen LogP contribution in [-0.2, 0) is 0 Å². The molecule has 48 heavy (non-hydrogen) atoms. The Hall–Kier alpha value is -6.45. The number of benzene rings is 8. The molecule has 9 aromatic rings. The fourth-order valence-electron chi connectivity index (χ4n) is 7.37. The maximum absolute atomic E-state index is 5.21. The van der Waals surface area contributed by atoms with Gasteiger partial charge in [-0.05, 0) is 98.4 Å². The molecule has 0 fully saturated rings. The van der Waals surface area contributed by atoms with Crippen LogP contribution < -0.4 is 4.90 Å². The van der Waals surface area contributed by atoms with E-state index in [2.05, 4.69) is 185 Å². The van der Waals surface area contributed by atoms with Crippen molar-refractivity contribution >= 4 is 49.6 Å². The summed E-state index contributed by atoms with van der Waals surface area (Å²) in [5.41, 5.74) is 12.4. The number of para-hydroxylation sites is 3. The molecule has 1 aromatic heterocycles. The minimum absolute atomic E-state index is 0.951. The third kappa shape index (κ3) is 4.18. The molecule has 0 N–H and O–H groups in total. The largest absolute Gasteiger partial charge is 0.306 e. The summed E-state index contributed by atoms with van der Waals surface area (Å²) >= 11 is 0. The SMILES string of the molecule is c1ccc(-c2nc3cccc4c3n2-c2ccccc2N4c2cc(-c3ccc4ccccc4c3)cc(-c3ccc4ccccc4c3)c2)cc1. The van der Waals surface area contributed by atoms with Crippen LogP contribution >= 0.6 is 0 Å². The average Bonchev–Trinajstić information content (AvgIpc) is 3.56. The monoisotopic (exact) mass is 611 g/mol. The standard InChI is InChI=1S/C45H29N3/c1-2-13-32(14-3-1)45-46-40-17-10-20-43-44(40)48(45)42-19-9-8-18-41(42)47(43)39-28-37(35-23-21-30-11-4-6-15-33(30)25-35)27-38(29-39)36-24-22-31-12-5-7-16-34(31)26-36/h1-29H. The molecule has 0 saturated carbocycles. The first-order valence-electron chi connectivity index (χ1n) is 16.4. The van der Waals surface area contributed by atoms with Gasteiger partial charge >= 0.3 is 0 Å². The highest BCUT2D eigenvalue weighted by Crippen LogP contribution is 2.49. The smallest absolute Gasteiger partial charge is 0.145 e. The molecule has 0 radical (unpaired) electrons. The van der Waals surface area contributed by atoms with E-state index in [1.807, 2.05) is 0 Å². The Balaban J connectivity index is 1.24. The molecule has 3 heteroatoms. The van der Waals surface area contributed by atoms with E-state index in [0.717, 1.165) is 45.2 Å². The quantitative estimate of drug-likeness (QED) is 0.197. The molecule has 8 aromatic carbocycles. The highest BCUT2D eigenvalue weighted by molar-refractivity contribution is 6.04. The summed E-state index contributed by atoms with van der Waals surface area (Å²) in [7, 11) is 0. The van der Waals surface area contributed by atoms with E-state index >= 15 is 0 Å². The summed E-state index contributed by atoms with van der Waals surface area (Å²) in [5, 5.41) is 4.95. The summed E-state index contributed by atoms with van der Waals surface area (Å²) in [5.74, 6) is 0.951. The third-order valence-corrected chi connectivity index (χ3v) is 9.63. The molecule has 0 unspecified atom stereocenters.